The van der Waals surface area contributed by atoms with Crippen molar-refractivity contribution in [1.29, 1.82) is 0 Å². The van der Waals surface area contributed by atoms with E-state index < -0.39 is 29.3 Å². The zero-order valence-electron chi connectivity index (χ0n) is 26.5. The molecule has 0 N–H and O–H groups in total. The number of anilines is 1. The van der Waals surface area contributed by atoms with Gasteiger partial charge in [0.25, 0.3) is 5.91 Å². The van der Waals surface area contributed by atoms with Crippen LogP contribution in [0, 0.1) is 0 Å². The number of carbonyl (C=O) groups is 3. The third kappa shape index (κ3) is 8.70. The van der Waals surface area contributed by atoms with Crippen molar-refractivity contribution in [2.75, 3.05) is 51.3 Å². The highest BCUT2D eigenvalue weighted by atomic mass is 16.6. The fourth-order valence-corrected chi connectivity index (χ4v) is 5.22. The van der Waals surface area contributed by atoms with Gasteiger partial charge in [0, 0.05) is 44.0 Å². The number of hydrogen-bond acceptors (Lipinski definition) is 9. The monoisotopic (exact) mass is 595 g/mol. The molecule has 2 heterocycles. The summed E-state index contributed by atoms with van der Waals surface area (Å²) in [6.45, 7) is 15.3. The highest BCUT2D eigenvalue weighted by Gasteiger charge is 2.37. The minimum absolute atomic E-state index is 0.0969. The van der Waals surface area contributed by atoms with Crippen LogP contribution < -0.4 is 9.64 Å². The smallest absolute Gasteiger partial charge is 0.427 e. The summed E-state index contributed by atoms with van der Waals surface area (Å²) >= 11 is 0. The Bertz CT molecular complexity index is 1260. The lowest BCUT2D eigenvalue weighted by Crippen LogP contribution is -2.47. The van der Waals surface area contributed by atoms with Gasteiger partial charge < -0.3 is 23.8 Å². The zero-order valence-corrected chi connectivity index (χ0v) is 26.5. The molecule has 10 nitrogen and oxygen atoms in total. The predicted molar refractivity (Wildman–Crippen MR) is 164 cm³/mol. The third-order valence-electron chi connectivity index (χ3n) is 7.30. The average molecular weight is 596 g/mol. The summed E-state index contributed by atoms with van der Waals surface area (Å²) < 4.78 is 22.2. The van der Waals surface area contributed by atoms with E-state index in [4.69, 9.17) is 18.9 Å². The second kappa shape index (κ2) is 13.3. The van der Waals surface area contributed by atoms with Crippen molar-refractivity contribution < 1.29 is 33.3 Å². The van der Waals surface area contributed by atoms with Gasteiger partial charge in [-0.2, -0.15) is 0 Å². The SMILES string of the molecule is COc1ccc(N2CCN(CC[C@H]3OCCc4cc(C(=O)N(C(=O)OC(C)(C)C)C(=O)OC(C)(C)C)ccc43)CC2)cc1. The molecule has 0 bridgehead atoms. The minimum Gasteiger partial charge on any atom is -0.497 e. The first kappa shape index (κ1) is 32.3. The molecule has 1 atom stereocenters. The van der Waals surface area contributed by atoms with Crippen LogP contribution in [0.15, 0.2) is 42.5 Å². The second-order valence-corrected chi connectivity index (χ2v) is 12.9. The number of imide groups is 3. The normalized spacial score (nSPS) is 17.6. The molecule has 1 fully saturated rings. The topological polar surface area (TPSA) is 97.9 Å². The Kier molecular flexibility index (Phi) is 10.0. The molecule has 2 aromatic carbocycles. The summed E-state index contributed by atoms with van der Waals surface area (Å²) in [7, 11) is 1.67. The number of piperazine rings is 1. The molecule has 0 saturated carbocycles. The maximum Gasteiger partial charge on any atom is 0.427 e. The molecule has 43 heavy (non-hydrogen) atoms. The van der Waals surface area contributed by atoms with Crippen molar-refractivity contribution in [3.05, 3.63) is 59.2 Å². The van der Waals surface area contributed by atoms with E-state index in [1.807, 2.05) is 18.2 Å². The molecule has 2 aliphatic rings. The largest absolute Gasteiger partial charge is 0.497 e. The van der Waals surface area contributed by atoms with Gasteiger partial charge in [0.1, 0.15) is 17.0 Å². The molecule has 0 aliphatic carbocycles. The summed E-state index contributed by atoms with van der Waals surface area (Å²) in [6.07, 6.45) is -0.784. The van der Waals surface area contributed by atoms with Crippen molar-refractivity contribution in [3.8, 4) is 5.75 Å². The van der Waals surface area contributed by atoms with Crippen molar-refractivity contribution in [1.82, 2.24) is 9.80 Å². The van der Waals surface area contributed by atoms with E-state index in [0.717, 1.165) is 56.0 Å². The lowest BCUT2D eigenvalue weighted by atomic mass is 9.93. The Labute approximate surface area is 254 Å². The van der Waals surface area contributed by atoms with Gasteiger partial charge in [-0.25, -0.2) is 9.59 Å². The molecular formula is C33H45N3O7. The highest BCUT2D eigenvalue weighted by Crippen LogP contribution is 2.31. The molecule has 2 aliphatic heterocycles. The van der Waals surface area contributed by atoms with E-state index in [-0.39, 0.29) is 11.7 Å². The molecule has 3 amide bonds. The lowest BCUT2D eigenvalue weighted by Gasteiger charge is -2.37. The van der Waals surface area contributed by atoms with Gasteiger partial charge in [0.15, 0.2) is 0 Å². The van der Waals surface area contributed by atoms with E-state index in [9.17, 15) is 14.4 Å². The number of hydrogen-bond donors (Lipinski definition) is 0. The molecule has 0 radical (unpaired) electrons. The fraction of sp³-hybridized carbons (Fsp3) is 0.545. The molecular weight excluding hydrogens is 550 g/mol. The Morgan fingerprint density at radius 1 is 0.884 bits per heavy atom. The standard InChI is InChI=1S/C33H45N3O7/c1-32(2,3)42-30(38)36(31(39)43-33(4,5)6)29(37)24-8-13-27-23(22-24)15-21-41-28(27)14-16-34-17-19-35(20-18-34)25-9-11-26(40-7)12-10-25/h8-13,22,28H,14-21H2,1-7H3/t28-/m1/s1. The number of fused-ring (bicyclic) bond motifs is 1. The summed E-state index contributed by atoms with van der Waals surface area (Å²) in [5, 5.41) is 0. The van der Waals surface area contributed by atoms with Gasteiger partial charge in [0.2, 0.25) is 0 Å². The number of ether oxygens (including phenoxy) is 4. The van der Waals surface area contributed by atoms with Crippen LogP contribution in [0.4, 0.5) is 15.3 Å². The van der Waals surface area contributed by atoms with Gasteiger partial charge >= 0.3 is 12.2 Å². The number of carbonyl (C=O) groups excluding carboxylic acids is 3. The average Bonchev–Trinajstić information content (AvgIpc) is 2.94. The second-order valence-electron chi connectivity index (χ2n) is 12.9. The third-order valence-corrected chi connectivity index (χ3v) is 7.30. The number of methoxy groups -OCH3 is 1. The van der Waals surface area contributed by atoms with Crippen LogP contribution in [-0.4, -0.2) is 85.5 Å². The van der Waals surface area contributed by atoms with Crippen LogP contribution in [0.3, 0.4) is 0 Å². The number of nitrogens with zero attached hydrogens (tertiary/aromatic N) is 3. The number of amides is 3. The van der Waals surface area contributed by atoms with Crippen molar-refractivity contribution >= 4 is 23.8 Å². The van der Waals surface area contributed by atoms with Gasteiger partial charge in [-0.05, 0) is 102 Å². The molecule has 1 saturated heterocycles. The van der Waals surface area contributed by atoms with E-state index >= 15 is 0 Å². The van der Waals surface area contributed by atoms with E-state index in [1.54, 1.807) is 60.8 Å². The first-order valence-electron chi connectivity index (χ1n) is 14.9. The summed E-state index contributed by atoms with van der Waals surface area (Å²) in [4.78, 5) is 44.7. The number of rotatable bonds is 6. The van der Waals surface area contributed by atoms with Gasteiger partial charge in [0.05, 0.1) is 19.8 Å². The van der Waals surface area contributed by atoms with Gasteiger partial charge in [-0.15, -0.1) is 4.90 Å². The fourth-order valence-electron chi connectivity index (χ4n) is 5.22. The first-order valence-corrected chi connectivity index (χ1v) is 14.9. The summed E-state index contributed by atoms with van der Waals surface area (Å²) in [5.74, 6) is 0.0686. The van der Waals surface area contributed by atoms with Crippen LogP contribution in [0.5, 0.6) is 5.75 Å². The van der Waals surface area contributed by atoms with Crippen molar-refractivity contribution in [2.45, 2.75) is 71.7 Å². The molecule has 0 spiro atoms. The quantitative estimate of drug-likeness (QED) is 0.408. The predicted octanol–water partition coefficient (Wildman–Crippen LogP) is 5.83. The van der Waals surface area contributed by atoms with E-state index in [2.05, 4.69) is 21.9 Å². The lowest BCUT2D eigenvalue weighted by molar-refractivity contribution is 0.00388. The Morgan fingerprint density at radius 2 is 1.49 bits per heavy atom. The van der Waals surface area contributed by atoms with Crippen LogP contribution in [0.1, 0.15) is 75.6 Å². The zero-order chi connectivity index (χ0) is 31.4. The first-order chi connectivity index (χ1) is 20.2. The molecule has 234 valence electrons. The van der Waals surface area contributed by atoms with Gasteiger partial charge in [-0.1, -0.05) is 6.07 Å². The van der Waals surface area contributed by atoms with Crippen LogP contribution in [-0.2, 0) is 20.6 Å². The maximum atomic E-state index is 13.5. The van der Waals surface area contributed by atoms with Crippen molar-refractivity contribution in [2.24, 2.45) is 0 Å². The Hall–Kier alpha value is -3.63. The highest BCUT2D eigenvalue weighted by molar-refractivity contribution is 6.13. The van der Waals surface area contributed by atoms with Gasteiger partial charge in [-0.3, -0.25) is 9.69 Å². The van der Waals surface area contributed by atoms with Crippen molar-refractivity contribution in [3.63, 3.8) is 0 Å². The minimum atomic E-state index is -1.07. The number of benzene rings is 2. The Morgan fingerprint density at radius 3 is 2.05 bits per heavy atom. The molecule has 0 unspecified atom stereocenters. The molecule has 10 heteroatoms. The van der Waals surface area contributed by atoms with Crippen LogP contribution >= 0.6 is 0 Å². The van der Waals surface area contributed by atoms with Crippen LogP contribution in [0.25, 0.3) is 0 Å². The van der Waals surface area contributed by atoms with E-state index in [0.29, 0.717) is 17.9 Å². The Balaban J connectivity index is 1.40. The molecule has 0 aromatic heterocycles. The van der Waals surface area contributed by atoms with E-state index in [1.165, 1.54) is 5.69 Å². The molecule has 2 aromatic rings. The molecule has 4 rings (SSSR count). The summed E-state index contributed by atoms with van der Waals surface area (Å²) in [5.41, 5.74) is 1.61. The maximum absolute atomic E-state index is 13.5. The summed E-state index contributed by atoms with van der Waals surface area (Å²) in [6, 6.07) is 13.4. The van der Waals surface area contributed by atoms with Crippen LogP contribution in [0.2, 0.25) is 0 Å².